The molecule has 1 saturated heterocycles. The molecule has 2 heterocycles. The Labute approximate surface area is 173 Å². The third kappa shape index (κ3) is 3.89. The van der Waals surface area contributed by atoms with E-state index in [1.54, 1.807) is 13.0 Å². The quantitative estimate of drug-likeness (QED) is 0.598. The molecule has 2 aromatic rings. The molecule has 0 aromatic heterocycles. The van der Waals surface area contributed by atoms with E-state index >= 15 is 0 Å². The average molecular weight is 423 g/mol. The van der Waals surface area contributed by atoms with Gasteiger partial charge in [0.05, 0.1) is 6.10 Å². The predicted octanol–water partition coefficient (Wildman–Crippen LogP) is 1.95. The largest absolute Gasteiger partial charge is 0.508 e. The van der Waals surface area contributed by atoms with Gasteiger partial charge in [-0.2, -0.15) is 0 Å². The number of aromatic hydroxyl groups is 1. The Kier molecular flexibility index (Phi) is 5.59. The Balaban J connectivity index is 1.64. The van der Waals surface area contributed by atoms with E-state index in [0.717, 1.165) is 5.56 Å². The minimum atomic E-state index is -1.39. The highest BCUT2D eigenvalue weighted by Crippen LogP contribution is 2.40. The van der Waals surface area contributed by atoms with Crippen LogP contribution in [0.4, 0.5) is 0 Å². The molecule has 156 valence electrons. The topological polar surface area (TPSA) is 109 Å². The second kappa shape index (κ2) is 8.01. The monoisotopic (exact) mass is 422 g/mol. The van der Waals surface area contributed by atoms with Crippen molar-refractivity contribution in [2.75, 3.05) is 13.2 Å². The summed E-state index contributed by atoms with van der Waals surface area (Å²) in [5, 5.41) is 41.1. The number of rotatable bonds is 3. The molecule has 0 unspecified atom stereocenters. The molecule has 0 amide bonds. The van der Waals surface area contributed by atoms with Crippen molar-refractivity contribution >= 4 is 11.6 Å². The number of phenols is 1. The van der Waals surface area contributed by atoms with E-state index in [4.69, 9.17) is 25.8 Å². The van der Waals surface area contributed by atoms with Gasteiger partial charge in [-0.05, 0) is 48.7 Å². The van der Waals surface area contributed by atoms with Gasteiger partial charge in [-0.25, -0.2) is 0 Å². The van der Waals surface area contributed by atoms with Gasteiger partial charge in [-0.1, -0.05) is 17.7 Å². The van der Waals surface area contributed by atoms with Gasteiger partial charge in [0.1, 0.15) is 43.4 Å². The number of benzene rings is 2. The summed E-state index contributed by atoms with van der Waals surface area (Å²) in [6.07, 6.45) is -5.26. The SMILES string of the molecule is C[C@H]1O[C@@H](c2cc(Cc3ccc4c(c3)OCCO4)c(Cl)cc2O)[C@H](O)[C@@H](O)[C@@H]1O. The van der Waals surface area contributed by atoms with Crippen LogP contribution in [0, 0.1) is 0 Å². The van der Waals surface area contributed by atoms with Crippen molar-refractivity contribution in [2.24, 2.45) is 0 Å². The van der Waals surface area contributed by atoms with E-state index in [-0.39, 0.29) is 5.75 Å². The lowest BCUT2D eigenvalue weighted by molar-refractivity contribution is -0.219. The van der Waals surface area contributed by atoms with Crippen LogP contribution < -0.4 is 9.47 Å². The average Bonchev–Trinajstić information content (AvgIpc) is 2.71. The van der Waals surface area contributed by atoms with Gasteiger partial charge in [0.15, 0.2) is 11.5 Å². The van der Waals surface area contributed by atoms with E-state index in [0.29, 0.717) is 47.3 Å². The molecule has 1 fully saturated rings. The van der Waals surface area contributed by atoms with Crippen LogP contribution in [-0.4, -0.2) is 58.1 Å². The Morgan fingerprint density at radius 1 is 0.966 bits per heavy atom. The Hall–Kier alpha value is -2.03. The number of aliphatic hydroxyl groups is 3. The molecule has 4 N–H and O–H groups in total. The number of fused-ring (bicyclic) bond motifs is 1. The van der Waals surface area contributed by atoms with Crippen LogP contribution in [0.5, 0.6) is 17.2 Å². The first-order chi connectivity index (χ1) is 13.8. The molecule has 0 aliphatic carbocycles. The second-order valence-electron chi connectivity index (χ2n) is 7.39. The van der Waals surface area contributed by atoms with E-state index < -0.39 is 30.5 Å². The van der Waals surface area contributed by atoms with Crippen molar-refractivity contribution in [3.63, 3.8) is 0 Å². The summed E-state index contributed by atoms with van der Waals surface area (Å²) in [6.45, 7) is 2.60. The standard InChI is InChI=1S/C21H23ClO7/c1-10-18(24)19(25)20(26)21(29-10)13-8-12(14(22)9-15(13)23)6-11-2-3-16-17(7-11)28-5-4-27-16/h2-3,7-10,18-21,23-26H,4-6H2,1H3/t10-,18-,19+,20-,21+/m1/s1. The zero-order chi connectivity index (χ0) is 20.7. The molecular formula is C21H23ClO7. The number of ether oxygens (including phenoxy) is 3. The van der Waals surface area contributed by atoms with Gasteiger partial charge in [0.2, 0.25) is 0 Å². The fourth-order valence-electron chi connectivity index (χ4n) is 3.72. The maximum absolute atomic E-state index is 10.4. The molecule has 0 spiro atoms. The van der Waals surface area contributed by atoms with Crippen molar-refractivity contribution in [2.45, 2.75) is 43.9 Å². The molecule has 8 heteroatoms. The second-order valence-corrected chi connectivity index (χ2v) is 7.80. The van der Waals surface area contributed by atoms with Crippen LogP contribution >= 0.6 is 11.6 Å². The first kappa shape index (κ1) is 20.3. The van der Waals surface area contributed by atoms with Crippen molar-refractivity contribution < 1.29 is 34.6 Å². The molecular weight excluding hydrogens is 400 g/mol. The minimum Gasteiger partial charge on any atom is -0.508 e. The molecule has 0 saturated carbocycles. The summed E-state index contributed by atoms with van der Waals surface area (Å²) in [7, 11) is 0. The molecule has 4 rings (SSSR count). The Bertz CT molecular complexity index is 903. The summed E-state index contributed by atoms with van der Waals surface area (Å²) < 4.78 is 16.8. The van der Waals surface area contributed by atoms with Crippen molar-refractivity contribution in [1.29, 1.82) is 0 Å². The minimum absolute atomic E-state index is 0.152. The molecule has 0 radical (unpaired) electrons. The van der Waals surface area contributed by atoms with Gasteiger partial charge >= 0.3 is 0 Å². The van der Waals surface area contributed by atoms with Crippen molar-refractivity contribution in [3.8, 4) is 17.2 Å². The van der Waals surface area contributed by atoms with Crippen LogP contribution in [-0.2, 0) is 11.2 Å². The van der Waals surface area contributed by atoms with Crippen LogP contribution in [0.15, 0.2) is 30.3 Å². The van der Waals surface area contributed by atoms with E-state index in [2.05, 4.69) is 0 Å². The first-order valence-corrected chi connectivity index (χ1v) is 9.82. The highest BCUT2D eigenvalue weighted by molar-refractivity contribution is 6.31. The van der Waals surface area contributed by atoms with Gasteiger partial charge in [0, 0.05) is 10.6 Å². The molecule has 0 bridgehead atoms. The molecule has 29 heavy (non-hydrogen) atoms. The zero-order valence-corrected chi connectivity index (χ0v) is 16.5. The summed E-state index contributed by atoms with van der Waals surface area (Å²) in [6, 6.07) is 8.67. The number of halogens is 1. The summed E-state index contributed by atoms with van der Waals surface area (Å²) >= 11 is 6.34. The Morgan fingerprint density at radius 3 is 2.45 bits per heavy atom. The fourth-order valence-corrected chi connectivity index (χ4v) is 3.94. The lowest BCUT2D eigenvalue weighted by Gasteiger charge is -2.39. The normalized spacial score (nSPS) is 28.9. The van der Waals surface area contributed by atoms with Gasteiger partial charge in [-0.3, -0.25) is 0 Å². The maximum Gasteiger partial charge on any atom is 0.161 e. The predicted molar refractivity (Wildman–Crippen MR) is 105 cm³/mol. The fraction of sp³-hybridized carbons (Fsp3) is 0.429. The molecule has 2 aromatic carbocycles. The zero-order valence-electron chi connectivity index (χ0n) is 15.8. The van der Waals surface area contributed by atoms with Crippen molar-refractivity contribution in [1.82, 2.24) is 0 Å². The van der Waals surface area contributed by atoms with E-state index in [9.17, 15) is 20.4 Å². The summed E-state index contributed by atoms with van der Waals surface area (Å²) in [5.74, 6) is 1.21. The van der Waals surface area contributed by atoms with Crippen molar-refractivity contribution in [3.05, 3.63) is 52.0 Å². The van der Waals surface area contributed by atoms with Crippen LogP contribution in [0.1, 0.15) is 29.7 Å². The third-order valence-electron chi connectivity index (χ3n) is 5.36. The summed E-state index contributed by atoms with van der Waals surface area (Å²) in [5.41, 5.74) is 1.94. The van der Waals surface area contributed by atoms with Crippen LogP contribution in [0.2, 0.25) is 5.02 Å². The van der Waals surface area contributed by atoms with E-state index in [1.165, 1.54) is 6.07 Å². The third-order valence-corrected chi connectivity index (χ3v) is 5.71. The molecule has 2 aliphatic heterocycles. The first-order valence-electron chi connectivity index (χ1n) is 9.44. The summed E-state index contributed by atoms with van der Waals surface area (Å²) in [4.78, 5) is 0. The highest BCUT2D eigenvalue weighted by Gasteiger charge is 2.43. The number of hydrogen-bond acceptors (Lipinski definition) is 7. The van der Waals surface area contributed by atoms with Crippen LogP contribution in [0.3, 0.4) is 0 Å². The highest BCUT2D eigenvalue weighted by atomic mass is 35.5. The van der Waals surface area contributed by atoms with E-state index in [1.807, 2.05) is 18.2 Å². The molecule has 5 atom stereocenters. The maximum atomic E-state index is 10.4. The molecule has 7 nitrogen and oxygen atoms in total. The lowest BCUT2D eigenvalue weighted by Crippen LogP contribution is -2.53. The number of aliphatic hydroxyl groups excluding tert-OH is 3. The number of phenolic OH excluding ortho intramolecular Hbond substituents is 1. The lowest BCUT2D eigenvalue weighted by atomic mass is 9.90. The number of hydrogen-bond donors (Lipinski definition) is 4. The molecule has 2 aliphatic rings. The smallest absolute Gasteiger partial charge is 0.161 e. The Morgan fingerprint density at radius 2 is 1.69 bits per heavy atom. The van der Waals surface area contributed by atoms with Crippen LogP contribution in [0.25, 0.3) is 0 Å². The van der Waals surface area contributed by atoms with Gasteiger partial charge in [-0.15, -0.1) is 0 Å². The van der Waals surface area contributed by atoms with Gasteiger partial charge in [0.25, 0.3) is 0 Å². The van der Waals surface area contributed by atoms with Gasteiger partial charge < -0.3 is 34.6 Å².